The second kappa shape index (κ2) is 6.86. The molecule has 0 amide bonds. The maximum absolute atomic E-state index is 11.7. The van der Waals surface area contributed by atoms with Crippen LogP contribution in [0.2, 0.25) is 0 Å². The summed E-state index contributed by atoms with van der Waals surface area (Å²) in [5, 5.41) is 0. The molecule has 2 aliphatic rings. The van der Waals surface area contributed by atoms with Crippen molar-refractivity contribution in [3.05, 3.63) is 47.9 Å². The van der Waals surface area contributed by atoms with Crippen LogP contribution in [0.1, 0.15) is 25.3 Å². The van der Waals surface area contributed by atoms with E-state index in [0.717, 1.165) is 17.7 Å². The monoisotopic (exact) mass is 316 g/mol. The summed E-state index contributed by atoms with van der Waals surface area (Å²) in [6, 6.07) is 10.00. The fourth-order valence-corrected chi connectivity index (χ4v) is 2.78. The number of allylic oxidation sites excluding steroid dienone is 1. The zero-order chi connectivity index (χ0) is 16.2. The lowest BCUT2D eigenvalue weighted by Gasteiger charge is -2.11. The van der Waals surface area contributed by atoms with Crippen LogP contribution in [-0.2, 0) is 30.2 Å². The fraction of sp³-hybridized carbons (Fsp3) is 0.444. The minimum Gasteiger partial charge on any atom is -0.460 e. The Balaban J connectivity index is 1.44. The molecule has 1 fully saturated rings. The van der Waals surface area contributed by atoms with Gasteiger partial charge in [0.25, 0.3) is 0 Å². The summed E-state index contributed by atoms with van der Waals surface area (Å²) in [5.41, 5.74) is 1.15. The Morgan fingerprint density at radius 2 is 2.04 bits per heavy atom. The lowest BCUT2D eigenvalue weighted by molar-refractivity contribution is -0.153. The average Bonchev–Trinajstić information content (AvgIpc) is 3.16. The third-order valence-corrected chi connectivity index (χ3v) is 4.09. The first-order valence-electron chi connectivity index (χ1n) is 7.93. The third kappa shape index (κ3) is 3.92. The van der Waals surface area contributed by atoms with Crippen LogP contribution in [0.5, 0.6) is 0 Å². The van der Waals surface area contributed by atoms with Gasteiger partial charge in [0.1, 0.15) is 12.0 Å². The first-order valence-corrected chi connectivity index (χ1v) is 7.93. The molecule has 122 valence electrons. The molecule has 3 atom stereocenters. The van der Waals surface area contributed by atoms with Gasteiger partial charge in [-0.15, -0.1) is 0 Å². The summed E-state index contributed by atoms with van der Waals surface area (Å²) >= 11 is 0. The number of Topliss-reactive ketones (excluding diaryl/α,β-unsaturated/α-hetero) is 1. The van der Waals surface area contributed by atoms with Crippen molar-refractivity contribution in [1.82, 2.24) is 0 Å². The summed E-state index contributed by atoms with van der Waals surface area (Å²) in [6.45, 7) is 1.91. The lowest BCUT2D eigenvalue weighted by atomic mass is 10.1. The highest BCUT2D eigenvalue weighted by Gasteiger charge is 2.45. The number of hydrogen-bond acceptors (Lipinski definition) is 5. The maximum atomic E-state index is 11.7. The molecule has 5 heteroatoms. The molecule has 1 aliphatic heterocycles. The molecule has 0 bridgehead atoms. The van der Waals surface area contributed by atoms with Gasteiger partial charge in [-0.1, -0.05) is 30.3 Å². The lowest BCUT2D eigenvalue weighted by Crippen LogP contribution is -2.18. The zero-order valence-corrected chi connectivity index (χ0v) is 13.1. The van der Waals surface area contributed by atoms with Gasteiger partial charge < -0.3 is 14.2 Å². The van der Waals surface area contributed by atoms with Crippen LogP contribution in [0.4, 0.5) is 0 Å². The van der Waals surface area contributed by atoms with Crippen molar-refractivity contribution in [3.63, 3.8) is 0 Å². The normalized spacial score (nSPS) is 25.1. The highest BCUT2D eigenvalue weighted by Crippen LogP contribution is 2.48. The van der Waals surface area contributed by atoms with E-state index in [0.29, 0.717) is 6.42 Å². The molecular weight excluding hydrogens is 296 g/mol. The van der Waals surface area contributed by atoms with Crippen molar-refractivity contribution in [3.8, 4) is 0 Å². The van der Waals surface area contributed by atoms with E-state index < -0.39 is 11.8 Å². The van der Waals surface area contributed by atoms with Crippen molar-refractivity contribution < 1.29 is 23.8 Å². The van der Waals surface area contributed by atoms with Crippen molar-refractivity contribution in [1.29, 1.82) is 0 Å². The van der Waals surface area contributed by atoms with Gasteiger partial charge in [-0.3, -0.25) is 4.79 Å². The van der Waals surface area contributed by atoms with Gasteiger partial charge in [-0.2, -0.15) is 0 Å². The molecule has 0 saturated heterocycles. The minimum absolute atomic E-state index is 0.150. The quantitative estimate of drug-likeness (QED) is 0.571. The smallest absolute Gasteiger partial charge is 0.374 e. The molecule has 0 spiro atoms. The van der Waals surface area contributed by atoms with Gasteiger partial charge in [0.15, 0.2) is 0 Å². The van der Waals surface area contributed by atoms with E-state index in [-0.39, 0.29) is 31.2 Å². The van der Waals surface area contributed by atoms with Crippen LogP contribution in [0, 0.1) is 11.8 Å². The number of carbonyl (C=O) groups excluding carboxylic acids is 2. The molecule has 23 heavy (non-hydrogen) atoms. The molecule has 0 N–H and O–H groups in total. The summed E-state index contributed by atoms with van der Waals surface area (Å²) in [5.74, 6) is -0.0867. The molecule has 1 aliphatic carbocycles. The van der Waals surface area contributed by atoms with Gasteiger partial charge in [-0.05, 0) is 24.8 Å². The Morgan fingerprint density at radius 3 is 2.78 bits per heavy atom. The van der Waals surface area contributed by atoms with E-state index in [1.807, 2.05) is 30.3 Å². The Bertz CT molecular complexity index is 607. The van der Waals surface area contributed by atoms with Gasteiger partial charge in [0.2, 0.25) is 12.1 Å². The van der Waals surface area contributed by atoms with Gasteiger partial charge in [-0.25, -0.2) is 4.79 Å². The van der Waals surface area contributed by atoms with E-state index in [1.54, 1.807) is 13.2 Å². The Labute approximate surface area is 135 Å². The average molecular weight is 316 g/mol. The topological polar surface area (TPSA) is 61.8 Å². The van der Waals surface area contributed by atoms with Crippen LogP contribution >= 0.6 is 0 Å². The number of ketones is 1. The second-order valence-corrected chi connectivity index (χ2v) is 5.84. The predicted octanol–water partition coefficient (Wildman–Crippen LogP) is 2.60. The van der Waals surface area contributed by atoms with Crippen molar-refractivity contribution in [2.75, 3.05) is 6.61 Å². The first kappa shape index (κ1) is 15.6. The minimum atomic E-state index is -0.738. The van der Waals surface area contributed by atoms with Crippen LogP contribution in [-0.4, -0.2) is 24.6 Å². The molecule has 0 radical (unpaired) electrons. The van der Waals surface area contributed by atoms with Crippen molar-refractivity contribution in [2.24, 2.45) is 11.8 Å². The summed E-state index contributed by atoms with van der Waals surface area (Å²) in [4.78, 5) is 23.0. The highest BCUT2D eigenvalue weighted by atomic mass is 16.7. The van der Waals surface area contributed by atoms with Crippen LogP contribution in [0.25, 0.3) is 0 Å². The summed E-state index contributed by atoms with van der Waals surface area (Å²) < 4.78 is 16.1. The van der Waals surface area contributed by atoms with E-state index in [1.165, 1.54) is 0 Å². The molecule has 1 aromatic rings. The highest BCUT2D eigenvalue weighted by molar-refractivity contribution is 6.33. The molecule has 1 heterocycles. The zero-order valence-electron chi connectivity index (χ0n) is 13.1. The van der Waals surface area contributed by atoms with Crippen LogP contribution < -0.4 is 0 Å². The van der Waals surface area contributed by atoms with E-state index in [4.69, 9.17) is 14.2 Å². The molecule has 5 nitrogen and oxygen atoms in total. The Kier molecular flexibility index (Phi) is 4.65. The SMILES string of the molecule is CCOC(=O)C(=O)CC1CC1C1=COC(Cc2ccccc2)O1. The number of hydrogen-bond donors (Lipinski definition) is 0. The van der Waals surface area contributed by atoms with Crippen molar-refractivity contribution in [2.45, 2.75) is 32.5 Å². The largest absolute Gasteiger partial charge is 0.460 e. The first-order chi connectivity index (χ1) is 11.2. The molecule has 3 rings (SSSR count). The van der Waals surface area contributed by atoms with E-state index in [2.05, 4.69) is 0 Å². The number of benzene rings is 1. The van der Waals surface area contributed by atoms with Crippen LogP contribution in [0.15, 0.2) is 42.4 Å². The van der Waals surface area contributed by atoms with Gasteiger partial charge in [0, 0.05) is 18.8 Å². The second-order valence-electron chi connectivity index (χ2n) is 5.84. The molecule has 3 unspecified atom stereocenters. The predicted molar refractivity (Wildman–Crippen MR) is 82.0 cm³/mol. The van der Waals surface area contributed by atoms with E-state index in [9.17, 15) is 9.59 Å². The van der Waals surface area contributed by atoms with Crippen LogP contribution in [0.3, 0.4) is 0 Å². The maximum Gasteiger partial charge on any atom is 0.374 e. The molecule has 1 aromatic carbocycles. The van der Waals surface area contributed by atoms with Crippen molar-refractivity contribution >= 4 is 11.8 Å². The number of rotatable bonds is 7. The summed E-state index contributed by atoms with van der Waals surface area (Å²) in [7, 11) is 0. The molecular formula is C18H20O5. The summed E-state index contributed by atoms with van der Waals surface area (Å²) in [6.07, 6.45) is 3.08. The molecule has 1 saturated carbocycles. The van der Waals surface area contributed by atoms with Gasteiger partial charge >= 0.3 is 5.97 Å². The van der Waals surface area contributed by atoms with E-state index >= 15 is 0 Å². The van der Waals surface area contributed by atoms with Gasteiger partial charge in [0.05, 0.1) is 6.61 Å². The number of ether oxygens (including phenoxy) is 3. The Morgan fingerprint density at radius 1 is 1.26 bits per heavy atom. The fourth-order valence-electron chi connectivity index (χ4n) is 2.78. The Hall–Kier alpha value is -2.30. The third-order valence-electron chi connectivity index (χ3n) is 4.09. The standard InChI is InChI=1S/C18H20O5/c1-2-21-18(20)15(19)10-13-9-14(13)16-11-22-17(23-16)8-12-6-4-3-5-7-12/h3-7,11,13-14,17H,2,8-10H2,1H3. The molecule has 0 aromatic heterocycles. The number of carbonyl (C=O) groups is 2. The number of esters is 1.